The predicted molar refractivity (Wildman–Crippen MR) is 68.9 cm³/mol. The third-order valence-electron chi connectivity index (χ3n) is 2.64. The van der Waals surface area contributed by atoms with E-state index in [4.69, 9.17) is 4.74 Å². The number of pyridine rings is 1. The number of carbonyl (C=O) groups excluding carboxylic acids is 1. The fourth-order valence-corrected chi connectivity index (χ4v) is 1.60. The van der Waals surface area contributed by atoms with Crippen molar-refractivity contribution in [2.24, 2.45) is 0 Å². The molecular formula is C12H15N5O2. The smallest absolute Gasteiger partial charge is 0.328 e. The predicted octanol–water partition coefficient (Wildman–Crippen LogP) is 1.03. The van der Waals surface area contributed by atoms with E-state index in [1.165, 1.54) is 13.4 Å². The minimum atomic E-state index is -0.371. The highest BCUT2D eigenvalue weighted by Crippen LogP contribution is 2.11. The summed E-state index contributed by atoms with van der Waals surface area (Å²) in [5.74, 6) is 0.372. The van der Waals surface area contributed by atoms with Crippen molar-refractivity contribution in [2.45, 2.75) is 19.4 Å². The Hall–Kier alpha value is -2.44. The highest BCUT2D eigenvalue weighted by Gasteiger charge is 2.16. The Labute approximate surface area is 110 Å². The van der Waals surface area contributed by atoms with E-state index in [0.29, 0.717) is 12.2 Å². The average Bonchev–Trinajstić information content (AvgIpc) is 2.98. The first-order valence-corrected chi connectivity index (χ1v) is 5.90. The summed E-state index contributed by atoms with van der Waals surface area (Å²) >= 11 is 0. The van der Waals surface area contributed by atoms with Crippen LogP contribution in [0.2, 0.25) is 0 Å². The van der Waals surface area contributed by atoms with Crippen LogP contribution < -0.4 is 5.32 Å². The molecule has 2 heterocycles. The molecule has 7 heteroatoms. The van der Waals surface area contributed by atoms with Crippen molar-refractivity contribution >= 4 is 11.7 Å². The van der Waals surface area contributed by atoms with Crippen LogP contribution in [-0.4, -0.2) is 38.9 Å². The quantitative estimate of drug-likeness (QED) is 0.809. The van der Waals surface area contributed by atoms with Crippen molar-refractivity contribution in [3.8, 4) is 5.82 Å². The summed E-state index contributed by atoms with van der Waals surface area (Å²) in [7, 11) is 1.37. The van der Waals surface area contributed by atoms with Crippen molar-refractivity contribution in [2.75, 3.05) is 12.4 Å². The molecule has 1 unspecified atom stereocenters. The van der Waals surface area contributed by atoms with Crippen LogP contribution in [0.25, 0.3) is 5.82 Å². The first-order valence-electron chi connectivity index (χ1n) is 5.90. The van der Waals surface area contributed by atoms with Crippen molar-refractivity contribution in [3.63, 3.8) is 0 Å². The summed E-state index contributed by atoms with van der Waals surface area (Å²) < 4.78 is 6.27. The van der Waals surface area contributed by atoms with Crippen LogP contribution in [0, 0.1) is 0 Å². The van der Waals surface area contributed by atoms with Crippen LogP contribution in [0.15, 0.2) is 31.0 Å². The standard InChI is InChI=1S/C12H15N5O2/c1-3-10(12(18)19-2)16-9-4-5-11(14-6-9)17-8-13-7-15-17/h4-8,10,16H,3H2,1-2H3. The summed E-state index contributed by atoms with van der Waals surface area (Å²) in [5.41, 5.74) is 0.751. The summed E-state index contributed by atoms with van der Waals surface area (Å²) in [6, 6.07) is 3.25. The van der Waals surface area contributed by atoms with Gasteiger partial charge in [-0.3, -0.25) is 0 Å². The van der Waals surface area contributed by atoms with E-state index in [-0.39, 0.29) is 12.0 Å². The molecule has 2 aromatic rings. The van der Waals surface area contributed by atoms with E-state index in [0.717, 1.165) is 5.69 Å². The number of hydrogen-bond acceptors (Lipinski definition) is 6. The van der Waals surface area contributed by atoms with Gasteiger partial charge in [0.25, 0.3) is 0 Å². The molecule has 0 saturated heterocycles. The van der Waals surface area contributed by atoms with Gasteiger partial charge in [-0.1, -0.05) is 6.92 Å². The van der Waals surface area contributed by atoms with Gasteiger partial charge in [0.05, 0.1) is 19.0 Å². The minimum absolute atomic E-state index is 0.289. The lowest BCUT2D eigenvalue weighted by atomic mass is 10.2. The summed E-state index contributed by atoms with van der Waals surface area (Å²) in [6.45, 7) is 1.91. The third-order valence-corrected chi connectivity index (χ3v) is 2.64. The van der Waals surface area contributed by atoms with Gasteiger partial charge in [0.2, 0.25) is 0 Å². The molecule has 0 radical (unpaired) electrons. The van der Waals surface area contributed by atoms with Crippen LogP contribution in [0.1, 0.15) is 13.3 Å². The van der Waals surface area contributed by atoms with E-state index in [1.54, 1.807) is 23.3 Å². The lowest BCUT2D eigenvalue weighted by Crippen LogP contribution is -2.29. The van der Waals surface area contributed by atoms with Gasteiger partial charge in [-0.15, -0.1) is 0 Å². The molecule has 0 aliphatic rings. The van der Waals surface area contributed by atoms with Gasteiger partial charge in [0.15, 0.2) is 5.82 Å². The number of methoxy groups -OCH3 is 1. The second-order valence-corrected chi connectivity index (χ2v) is 3.87. The molecular weight excluding hydrogens is 246 g/mol. The summed E-state index contributed by atoms with van der Waals surface area (Å²) in [5, 5.41) is 7.05. The van der Waals surface area contributed by atoms with E-state index in [2.05, 4.69) is 20.4 Å². The lowest BCUT2D eigenvalue weighted by Gasteiger charge is -2.15. The Morgan fingerprint density at radius 2 is 2.37 bits per heavy atom. The van der Waals surface area contributed by atoms with Crippen molar-refractivity contribution in [3.05, 3.63) is 31.0 Å². The molecule has 2 rings (SSSR count). The Morgan fingerprint density at radius 3 is 2.89 bits per heavy atom. The first-order chi connectivity index (χ1) is 9.24. The SMILES string of the molecule is CCC(Nc1ccc(-n2cncn2)nc1)C(=O)OC. The summed E-state index contributed by atoms with van der Waals surface area (Å²) in [6.07, 6.45) is 5.29. The van der Waals surface area contributed by atoms with Crippen molar-refractivity contribution in [1.29, 1.82) is 0 Å². The fourth-order valence-electron chi connectivity index (χ4n) is 1.60. The zero-order valence-electron chi connectivity index (χ0n) is 10.8. The molecule has 0 bridgehead atoms. The molecule has 2 aromatic heterocycles. The topological polar surface area (TPSA) is 81.9 Å². The fraction of sp³-hybridized carbons (Fsp3) is 0.333. The average molecular weight is 261 g/mol. The number of esters is 1. The van der Waals surface area contributed by atoms with Gasteiger partial charge < -0.3 is 10.1 Å². The Kier molecular flexibility index (Phi) is 4.07. The molecule has 0 aliphatic heterocycles. The molecule has 0 aliphatic carbocycles. The number of aromatic nitrogens is 4. The van der Waals surface area contributed by atoms with Gasteiger partial charge in [-0.25, -0.2) is 19.4 Å². The number of nitrogens with zero attached hydrogens (tertiary/aromatic N) is 4. The molecule has 19 heavy (non-hydrogen) atoms. The van der Waals surface area contributed by atoms with Crippen LogP contribution in [-0.2, 0) is 9.53 Å². The zero-order chi connectivity index (χ0) is 13.7. The number of anilines is 1. The van der Waals surface area contributed by atoms with Crippen molar-refractivity contribution < 1.29 is 9.53 Å². The van der Waals surface area contributed by atoms with Gasteiger partial charge in [-0.2, -0.15) is 5.10 Å². The number of carbonyl (C=O) groups is 1. The van der Waals surface area contributed by atoms with E-state index >= 15 is 0 Å². The summed E-state index contributed by atoms with van der Waals surface area (Å²) in [4.78, 5) is 19.6. The third kappa shape index (κ3) is 3.06. The molecule has 1 N–H and O–H groups in total. The van der Waals surface area contributed by atoms with E-state index < -0.39 is 0 Å². The number of hydrogen-bond donors (Lipinski definition) is 1. The Balaban J connectivity index is 2.08. The van der Waals surface area contributed by atoms with Crippen LogP contribution in [0.3, 0.4) is 0 Å². The maximum atomic E-state index is 11.5. The molecule has 0 fully saturated rings. The second-order valence-electron chi connectivity index (χ2n) is 3.87. The molecule has 0 aromatic carbocycles. The first kappa shape index (κ1) is 13.0. The normalized spacial score (nSPS) is 11.9. The minimum Gasteiger partial charge on any atom is -0.467 e. The number of nitrogens with one attached hydrogen (secondary N) is 1. The molecule has 100 valence electrons. The molecule has 7 nitrogen and oxygen atoms in total. The van der Waals surface area contributed by atoms with Gasteiger partial charge in [0, 0.05) is 0 Å². The van der Waals surface area contributed by atoms with Gasteiger partial charge in [0.1, 0.15) is 18.7 Å². The zero-order valence-corrected chi connectivity index (χ0v) is 10.8. The monoisotopic (exact) mass is 261 g/mol. The van der Waals surface area contributed by atoms with Gasteiger partial charge >= 0.3 is 5.97 Å². The van der Waals surface area contributed by atoms with Crippen LogP contribution in [0.5, 0.6) is 0 Å². The van der Waals surface area contributed by atoms with Crippen LogP contribution in [0.4, 0.5) is 5.69 Å². The second kappa shape index (κ2) is 5.94. The Bertz CT molecular complexity index is 524. The van der Waals surface area contributed by atoms with Crippen molar-refractivity contribution in [1.82, 2.24) is 19.7 Å². The maximum absolute atomic E-state index is 11.5. The molecule has 0 saturated carbocycles. The maximum Gasteiger partial charge on any atom is 0.328 e. The largest absolute Gasteiger partial charge is 0.467 e. The highest BCUT2D eigenvalue weighted by atomic mass is 16.5. The highest BCUT2D eigenvalue weighted by molar-refractivity contribution is 5.79. The van der Waals surface area contributed by atoms with Crippen LogP contribution >= 0.6 is 0 Å². The van der Waals surface area contributed by atoms with E-state index in [9.17, 15) is 4.79 Å². The number of rotatable bonds is 5. The molecule has 0 spiro atoms. The molecule has 1 atom stereocenters. The molecule has 0 amide bonds. The van der Waals surface area contributed by atoms with E-state index in [1.807, 2.05) is 13.0 Å². The Morgan fingerprint density at radius 1 is 1.53 bits per heavy atom. The lowest BCUT2D eigenvalue weighted by molar-refractivity contribution is -0.141. The van der Waals surface area contributed by atoms with Gasteiger partial charge in [-0.05, 0) is 18.6 Å². The number of ether oxygens (including phenoxy) is 1.